The van der Waals surface area contributed by atoms with Crippen LogP contribution in [0.5, 0.6) is 0 Å². The zero-order valence-corrected chi connectivity index (χ0v) is 22.5. The number of hydrogen-bond donors (Lipinski definition) is 1. The number of carbonyl (C=O) groups excluding carboxylic acids is 2. The van der Waals surface area contributed by atoms with Crippen molar-refractivity contribution in [3.63, 3.8) is 0 Å². The molecule has 1 heterocycles. The molecular formula is C25H37IN2O4. The highest BCUT2D eigenvalue weighted by atomic mass is 127. The molecular weight excluding hydrogens is 519 g/mol. The van der Waals surface area contributed by atoms with Gasteiger partial charge >= 0.3 is 11.9 Å². The van der Waals surface area contributed by atoms with Crippen LogP contribution in [0.4, 0.5) is 5.69 Å². The number of dihydropyridines is 1. The molecule has 1 aromatic carbocycles. The van der Waals surface area contributed by atoms with E-state index in [1.54, 1.807) is 13.8 Å². The minimum atomic E-state index is -0.549. The second-order valence-corrected chi connectivity index (χ2v) is 7.77. The number of allylic oxidation sites excluding steroid dienone is 2. The third-order valence-electron chi connectivity index (χ3n) is 6.32. The lowest BCUT2D eigenvalue weighted by Gasteiger charge is -2.36. The summed E-state index contributed by atoms with van der Waals surface area (Å²) in [5.41, 5.74) is 4.36. The van der Waals surface area contributed by atoms with Gasteiger partial charge in [-0.1, -0.05) is 12.1 Å². The highest BCUT2D eigenvalue weighted by molar-refractivity contribution is 6.00. The van der Waals surface area contributed by atoms with Crippen molar-refractivity contribution in [1.29, 1.82) is 0 Å². The van der Waals surface area contributed by atoms with E-state index in [-0.39, 0.29) is 37.2 Å². The number of carbonyl (C=O) groups is 2. The number of benzene rings is 1. The molecule has 1 aliphatic rings. The topological polar surface area (TPSA) is 64.6 Å². The van der Waals surface area contributed by atoms with Crippen molar-refractivity contribution in [2.75, 3.05) is 32.8 Å². The van der Waals surface area contributed by atoms with Crippen molar-refractivity contribution in [3.8, 4) is 0 Å². The Kier molecular flexibility index (Phi) is 10.9. The van der Waals surface area contributed by atoms with Gasteiger partial charge in [-0.15, -0.1) is 0 Å². The summed E-state index contributed by atoms with van der Waals surface area (Å²) in [5, 5.41) is 3.19. The Bertz CT molecular complexity index is 839. The van der Waals surface area contributed by atoms with Crippen molar-refractivity contribution in [1.82, 2.24) is 9.80 Å². The summed E-state index contributed by atoms with van der Waals surface area (Å²) in [6.45, 7) is 17.2. The summed E-state index contributed by atoms with van der Waals surface area (Å²) in [4.78, 5) is 26.0. The van der Waals surface area contributed by atoms with Crippen LogP contribution in [0.15, 0.2) is 46.8 Å². The molecule has 178 valence electrons. The molecule has 0 aliphatic carbocycles. The van der Waals surface area contributed by atoms with E-state index in [9.17, 15) is 9.59 Å². The van der Waals surface area contributed by atoms with Gasteiger partial charge in [-0.25, -0.2) is 9.59 Å². The Morgan fingerprint density at radius 3 is 1.75 bits per heavy atom. The van der Waals surface area contributed by atoms with Crippen LogP contribution < -0.4 is 33.8 Å². The fourth-order valence-electron chi connectivity index (χ4n) is 4.50. The van der Waals surface area contributed by atoms with E-state index in [2.05, 4.69) is 38.2 Å². The van der Waals surface area contributed by atoms with Gasteiger partial charge in [0.1, 0.15) is 5.69 Å². The molecule has 0 atom stereocenters. The van der Waals surface area contributed by atoms with Gasteiger partial charge in [0, 0.05) is 17.5 Å². The van der Waals surface area contributed by atoms with Gasteiger partial charge in [-0.2, -0.15) is 0 Å². The SMILES string of the molecule is CCOC(=O)C1=C(C)NC(C)=C(C(=O)OCC)C1c1cccc([N+](CC)(CC)CC)c1.[I-]. The van der Waals surface area contributed by atoms with Gasteiger partial charge in [-0.3, -0.25) is 4.48 Å². The number of halogens is 1. The van der Waals surface area contributed by atoms with Crippen molar-refractivity contribution in [2.45, 2.75) is 54.4 Å². The second kappa shape index (κ2) is 12.4. The summed E-state index contributed by atoms with van der Waals surface area (Å²) >= 11 is 0. The van der Waals surface area contributed by atoms with Gasteiger partial charge in [-0.05, 0) is 60.1 Å². The largest absolute Gasteiger partial charge is 1.00 e. The monoisotopic (exact) mass is 556 g/mol. The van der Waals surface area contributed by atoms with E-state index in [1.807, 2.05) is 26.0 Å². The van der Waals surface area contributed by atoms with Crippen LogP contribution in [-0.4, -0.2) is 44.8 Å². The Labute approximate surface area is 209 Å². The molecule has 6 nitrogen and oxygen atoms in total. The summed E-state index contributed by atoms with van der Waals surface area (Å²) in [7, 11) is 0. The van der Waals surface area contributed by atoms with Crippen molar-refractivity contribution in [3.05, 3.63) is 52.4 Å². The predicted octanol–water partition coefficient (Wildman–Crippen LogP) is 1.42. The maximum absolute atomic E-state index is 13.0. The van der Waals surface area contributed by atoms with Gasteiger partial charge < -0.3 is 38.8 Å². The van der Waals surface area contributed by atoms with Crippen LogP contribution in [0.1, 0.15) is 59.9 Å². The Hall–Kier alpha value is -1.87. The third kappa shape index (κ3) is 5.54. The molecule has 0 radical (unpaired) electrons. The van der Waals surface area contributed by atoms with E-state index in [0.717, 1.165) is 29.7 Å². The molecule has 0 saturated heterocycles. The molecule has 7 heteroatoms. The first kappa shape index (κ1) is 28.2. The molecule has 0 spiro atoms. The number of quaternary nitrogens is 1. The highest BCUT2D eigenvalue weighted by Crippen LogP contribution is 2.40. The van der Waals surface area contributed by atoms with Crippen molar-refractivity contribution < 1.29 is 43.0 Å². The predicted molar refractivity (Wildman–Crippen MR) is 124 cm³/mol. The number of hydrogen-bond acceptors (Lipinski definition) is 5. The third-order valence-corrected chi connectivity index (χ3v) is 6.32. The molecule has 0 unspecified atom stereocenters. The van der Waals surface area contributed by atoms with Crippen molar-refractivity contribution >= 4 is 17.6 Å². The van der Waals surface area contributed by atoms with E-state index in [4.69, 9.17) is 9.47 Å². The molecule has 1 N–H and O–H groups in total. The van der Waals surface area contributed by atoms with Crippen LogP contribution in [0.25, 0.3) is 0 Å². The lowest BCUT2D eigenvalue weighted by Crippen LogP contribution is -3.00. The normalized spacial score (nSPS) is 14.6. The number of esters is 2. The molecule has 0 amide bonds. The summed E-state index contributed by atoms with van der Waals surface area (Å²) in [5.74, 6) is -1.38. The maximum Gasteiger partial charge on any atom is 0.336 e. The molecule has 0 fully saturated rings. The summed E-state index contributed by atoms with van der Waals surface area (Å²) < 4.78 is 11.6. The van der Waals surface area contributed by atoms with Gasteiger partial charge in [0.15, 0.2) is 0 Å². The quantitative estimate of drug-likeness (QED) is 0.283. The van der Waals surface area contributed by atoms with E-state index < -0.39 is 17.9 Å². The zero-order valence-electron chi connectivity index (χ0n) is 20.4. The standard InChI is InChI=1S/C25H36N2O4.HI/c1-8-27(9-2,10-3)20-15-13-14-19(16-20)23-21(24(28)30-11-4)17(6)26-18(7)22(23)25(29)31-12-5;/h13-16,23H,8-12H2,1-7H3;1H. The minimum Gasteiger partial charge on any atom is -1.00 e. The average molecular weight is 556 g/mol. The molecule has 1 aliphatic heterocycles. The van der Waals surface area contributed by atoms with E-state index in [0.29, 0.717) is 22.5 Å². The molecule has 0 bridgehead atoms. The lowest BCUT2D eigenvalue weighted by atomic mass is 9.80. The lowest BCUT2D eigenvalue weighted by molar-refractivity contribution is -0.139. The maximum atomic E-state index is 13.0. The number of ether oxygens (including phenoxy) is 2. The fraction of sp³-hybridized carbons (Fsp3) is 0.520. The van der Waals surface area contributed by atoms with Crippen LogP contribution in [-0.2, 0) is 19.1 Å². The first-order valence-corrected chi connectivity index (χ1v) is 11.3. The van der Waals surface area contributed by atoms with Crippen LogP contribution >= 0.6 is 0 Å². The highest BCUT2D eigenvalue weighted by Gasteiger charge is 2.38. The Morgan fingerprint density at radius 1 is 0.875 bits per heavy atom. The number of nitrogens with zero attached hydrogens (tertiary/aromatic N) is 1. The molecule has 0 saturated carbocycles. The smallest absolute Gasteiger partial charge is 0.336 e. The zero-order chi connectivity index (χ0) is 23.2. The van der Waals surface area contributed by atoms with Crippen LogP contribution in [0, 0.1) is 0 Å². The molecule has 32 heavy (non-hydrogen) atoms. The average Bonchev–Trinajstić information content (AvgIpc) is 2.75. The molecule has 0 aromatic heterocycles. The van der Waals surface area contributed by atoms with Crippen LogP contribution in [0.2, 0.25) is 0 Å². The first-order chi connectivity index (χ1) is 14.8. The number of rotatable bonds is 9. The first-order valence-electron chi connectivity index (χ1n) is 11.3. The van der Waals surface area contributed by atoms with E-state index in [1.165, 1.54) is 5.69 Å². The van der Waals surface area contributed by atoms with Gasteiger partial charge in [0.05, 0.1) is 49.9 Å². The van der Waals surface area contributed by atoms with Crippen LogP contribution in [0.3, 0.4) is 0 Å². The molecule has 1 aromatic rings. The Balaban J connectivity index is 0.00000512. The van der Waals surface area contributed by atoms with Crippen molar-refractivity contribution in [2.24, 2.45) is 0 Å². The Morgan fingerprint density at radius 2 is 1.34 bits per heavy atom. The molecule has 2 rings (SSSR count). The van der Waals surface area contributed by atoms with E-state index >= 15 is 0 Å². The minimum absolute atomic E-state index is 0. The second-order valence-electron chi connectivity index (χ2n) is 7.77. The summed E-state index contributed by atoms with van der Waals surface area (Å²) in [6.07, 6.45) is 0. The fourth-order valence-corrected chi connectivity index (χ4v) is 4.50. The van der Waals surface area contributed by atoms with Gasteiger partial charge in [0.2, 0.25) is 0 Å². The number of nitrogens with one attached hydrogen (secondary N) is 1. The van der Waals surface area contributed by atoms with Gasteiger partial charge in [0.25, 0.3) is 0 Å². The summed E-state index contributed by atoms with van der Waals surface area (Å²) in [6, 6.07) is 8.25.